The number of phenols is 1. The number of amides is 1. The Kier molecular flexibility index (Phi) is 3.06. The van der Waals surface area contributed by atoms with Crippen molar-refractivity contribution in [2.45, 2.75) is 12.5 Å². The van der Waals surface area contributed by atoms with Crippen LogP contribution in [0.3, 0.4) is 0 Å². The van der Waals surface area contributed by atoms with Gasteiger partial charge in [0.25, 0.3) is 5.91 Å². The second-order valence-electron chi connectivity index (χ2n) is 5.13. The second-order valence-corrected chi connectivity index (χ2v) is 5.13. The summed E-state index contributed by atoms with van der Waals surface area (Å²) in [4.78, 5) is 14.4. The summed E-state index contributed by atoms with van der Waals surface area (Å²) in [7, 11) is 1.48. The summed E-state index contributed by atoms with van der Waals surface area (Å²) in [5.41, 5.74) is 0.326. The number of carbonyl (C=O) groups is 1. The van der Waals surface area contributed by atoms with E-state index in [1.54, 1.807) is 18.2 Å². The highest BCUT2D eigenvalue weighted by atomic mass is 16.5. The van der Waals surface area contributed by atoms with Gasteiger partial charge in [-0.3, -0.25) is 4.79 Å². The van der Waals surface area contributed by atoms with E-state index in [1.165, 1.54) is 7.11 Å². The van der Waals surface area contributed by atoms with Gasteiger partial charge in [0.2, 0.25) is 0 Å². The van der Waals surface area contributed by atoms with Crippen molar-refractivity contribution < 1.29 is 14.6 Å². The number of hydrogen-bond donors (Lipinski definition) is 2. The van der Waals surface area contributed by atoms with Gasteiger partial charge >= 0.3 is 0 Å². The van der Waals surface area contributed by atoms with Gasteiger partial charge in [0.15, 0.2) is 11.5 Å². The number of likely N-dealkylation sites (tertiary alicyclic amines) is 1. The number of aromatic hydroxyl groups is 1. The molecule has 1 aromatic rings. The Labute approximate surface area is 112 Å². The Morgan fingerprint density at radius 1 is 1.47 bits per heavy atom. The van der Waals surface area contributed by atoms with E-state index in [1.807, 2.05) is 4.90 Å². The molecule has 2 aliphatic heterocycles. The van der Waals surface area contributed by atoms with Crippen LogP contribution in [0.15, 0.2) is 18.2 Å². The van der Waals surface area contributed by atoms with Gasteiger partial charge in [0.05, 0.1) is 12.7 Å². The Bertz CT molecular complexity index is 503. The summed E-state index contributed by atoms with van der Waals surface area (Å²) >= 11 is 0. The molecule has 2 heterocycles. The Morgan fingerprint density at radius 3 is 3.11 bits per heavy atom. The molecule has 0 bridgehead atoms. The molecule has 0 aliphatic carbocycles. The molecule has 2 saturated heterocycles. The first kappa shape index (κ1) is 12.3. The maximum atomic E-state index is 12.6. The van der Waals surface area contributed by atoms with Crippen LogP contribution >= 0.6 is 0 Å². The lowest BCUT2D eigenvalue weighted by Crippen LogP contribution is -2.39. The van der Waals surface area contributed by atoms with E-state index in [9.17, 15) is 9.90 Å². The van der Waals surface area contributed by atoms with E-state index in [-0.39, 0.29) is 17.7 Å². The Morgan fingerprint density at radius 2 is 2.32 bits per heavy atom. The van der Waals surface area contributed by atoms with Crippen molar-refractivity contribution in [2.75, 3.05) is 26.7 Å². The number of hydrogen-bond acceptors (Lipinski definition) is 4. The molecule has 1 aromatic carbocycles. The van der Waals surface area contributed by atoms with E-state index in [2.05, 4.69) is 5.32 Å². The van der Waals surface area contributed by atoms with Crippen LogP contribution in [0.2, 0.25) is 0 Å². The van der Waals surface area contributed by atoms with Crippen LogP contribution in [0.5, 0.6) is 11.5 Å². The molecule has 2 atom stereocenters. The van der Waals surface area contributed by atoms with Crippen molar-refractivity contribution in [3.63, 3.8) is 0 Å². The summed E-state index contributed by atoms with van der Waals surface area (Å²) < 4.78 is 5.05. The van der Waals surface area contributed by atoms with Crippen molar-refractivity contribution in [3.8, 4) is 11.5 Å². The summed E-state index contributed by atoms with van der Waals surface area (Å²) in [6.07, 6.45) is 1.04. The molecule has 0 unspecified atom stereocenters. The van der Waals surface area contributed by atoms with Crippen molar-refractivity contribution in [2.24, 2.45) is 5.92 Å². The van der Waals surface area contributed by atoms with Crippen molar-refractivity contribution >= 4 is 5.91 Å². The standard InChI is InChI=1S/C14H18N2O3/c1-19-12-4-2-3-10(13(12)17)14(18)16-6-5-9-7-15-8-11(9)16/h2-4,9,11,15,17H,5-8H2,1H3/t9-,11+/m0/s1. The van der Waals surface area contributed by atoms with Gasteiger partial charge in [-0.1, -0.05) is 6.07 Å². The third-order valence-corrected chi connectivity index (χ3v) is 4.16. The topological polar surface area (TPSA) is 61.8 Å². The lowest BCUT2D eigenvalue weighted by Gasteiger charge is -2.24. The quantitative estimate of drug-likeness (QED) is 0.829. The first-order chi connectivity index (χ1) is 9.22. The Balaban J connectivity index is 1.88. The monoisotopic (exact) mass is 262 g/mol. The van der Waals surface area contributed by atoms with Crippen LogP contribution in [-0.4, -0.2) is 48.7 Å². The molecular weight excluding hydrogens is 244 g/mol. The van der Waals surface area contributed by atoms with Crippen molar-refractivity contribution in [3.05, 3.63) is 23.8 Å². The molecule has 2 N–H and O–H groups in total. The number of ether oxygens (including phenoxy) is 1. The number of nitrogens with zero attached hydrogens (tertiary/aromatic N) is 1. The molecular formula is C14H18N2O3. The number of fused-ring (bicyclic) bond motifs is 1. The van der Waals surface area contributed by atoms with Crippen molar-refractivity contribution in [1.82, 2.24) is 10.2 Å². The normalized spacial score (nSPS) is 25.4. The molecule has 5 nitrogen and oxygen atoms in total. The number of para-hydroxylation sites is 1. The number of rotatable bonds is 2. The van der Waals surface area contributed by atoms with Crippen LogP contribution in [0.4, 0.5) is 0 Å². The van der Waals surface area contributed by atoms with E-state index in [4.69, 9.17) is 4.74 Å². The van der Waals surface area contributed by atoms with Crippen LogP contribution in [-0.2, 0) is 0 Å². The van der Waals surface area contributed by atoms with Crippen molar-refractivity contribution in [1.29, 1.82) is 0 Å². The maximum absolute atomic E-state index is 12.6. The highest BCUT2D eigenvalue weighted by Crippen LogP contribution is 2.34. The molecule has 0 radical (unpaired) electrons. The zero-order valence-electron chi connectivity index (χ0n) is 10.9. The molecule has 19 heavy (non-hydrogen) atoms. The van der Waals surface area contributed by atoms with Gasteiger partial charge in [-0.15, -0.1) is 0 Å². The predicted molar refractivity (Wildman–Crippen MR) is 70.5 cm³/mol. The molecule has 0 spiro atoms. The maximum Gasteiger partial charge on any atom is 0.258 e. The molecule has 3 rings (SSSR count). The van der Waals surface area contributed by atoms with Crippen LogP contribution in [0.1, 0.15) is 16.8 Å². The highest BCUT2D eigenvalue weighted by molar-refractivity contribution is 5.98. The number of carbonyl (C=O) groups excluding carboxylic acids is 1. The first-order valence-corrected chi connectivity index (χ1v) is 6.60. The number of methoxy groups -OCH3 is 1. The molecule has 0 aromatic heterocycles. The largest absolute Gasteiger partial charge is 0.504 e. The van der Waals surface area contributed by atoms with Gasteiger partial charge in [0.1, 0.15) is 0 Å². The molecule has 0 saturated carbocycles. The fraction of sp³-hybridized carbons (Fsp3) is 0.500. The lowest BCUT2D eigenvalue weighted by molar-refractivity contribution is 0.0733. The minimum absolute atomic E-state index is 0.0654. The lowest BCUT2D eigenvalue weighted by atomic mass is 10.0. The molecule has 2 fully saturated rings. The average Bonchev–Trinajstić information content (AvgIpc) is 3.00. The SMILES string of the molecule is COc1cccc(C(=O)N2CC[C@H]3CNC[C@H]32)c1O. The van der Waals surface area contributed by atoms with E-state index < -0.39 is 0 Å². The fourth-order valence-corrected chi connectivity index (χ4v) is 3.12. The summed E-state index contributed by atoms with van der Waals surface area (Å²) in [5.74, 6) is 0.722. The summed E-state index contributed by atoms with van der Waals surface area (Å²) in [5, 5.41) is 13.4. The third kappa shape index (κ3) is 1.94. The number of nitrogens with one attached hydrogen (secondary N) is 1. The number of benzene rings is 1. The summed E-state index contributed by atoms with van der Waals surface area (Å²) in [6.45, 7) is 2.60. The predicted octanol–water partition coefficient (Wildman–Crippen LogP) is 0.835. The zero-order chi connectivity index (χ0) is 13.4. The average molecular weight is 262 g/mol. The summed E-state index contributed by atoms with van der Waals surface area (Å²) in [6, 6.07) is 5.29. The van der Waals surface area contributed by atoms with Crippen LogP contribution < -0.4 is 10.1 Å². The van der Waals surface area contributed by atoms with Gasteiger partial charge in [0, 0.05) is 25.7 Å². The molecule has 102 valence electrons. The minimum Gasteiger partial charge on any atom is -0.504 e. The van der Waals surface area contributed by atoms with Gasteiger partial charge in [-0.2, -0.15) is 0 Å². The van der Waals surface area contributed by atoms with Crippen LogP contribution in [0.25, 0.3) is 0 Å². The Hall–Kier alpha value is -1.75. The third-order valence-electron chi connectivity index (χ3n) is 4.16. The molecule has 5 heteroatoms. The van der Waals surface area contributed by atoms with Crippen LogP contribution in [0, 0.1) is 5.92 Å². The molecule has 1 amide bonds. The second kappa shape index (κ2) is 4.74. The van der Waals surface area contributed by atoms with E-state index in [0.29, 0.717) is 17.2 Å². The van der Waals surface area contributed by atoms with Gasteiger partial charge < -0.3 is 20.1 Å². The smallest absolute Gasteiger partial charge is 0.258 e. The highest BCUT2D eigenvalue weighted by Gasteiger charge is 2.40. The first-order valence-electron chi connectivity index (χ1n) is 6.60. The van der Waals surface area contributed by atoms with E-state index >= 15 is 0 Å². The van der Waals surface area contributed by atoms with E-state index in [0.717, 1.165) is 26.1 Å². The molecule has 2 aliphatic rings. The minimum atomic E-state index is -0.104. The van der Waals surface area contributed by atoms with Gasteiger partial charge in [-0.05, 0) is 24.5 Å². The number of phenolic OH excluding ortho intramolecular Hbond substituents is 1. The zero-order valence-corrected chi connectivity index (χ0v) is 10.9. The van der Waals surface area contributed by atoms with Gasteiger partial charge in [-0.25, -0.2) is 0 Å². The fourth-order valence-electron chi connectivity index (χ4n) is 3.12.